The fourth-order valence-electron chi connectivity index (χ4n) is 10.2. The number of alkyl halides is 2. The molecule has 3 aromatic heterocycles. The maximum Gasteiger partial charge on any atom is 0.301 e. The Balaban J connectivity index is 0.770. The Kier molecular flexibility index (Phi) is 10.4. The summed E-state index contributed by atoms with van der Waals surface area (Å²) in [5.74, 6) is -2.28. The van der Waals surface area contributed by atoms with E-state index in [2.05, 4.69) is 49.8 Å². The minimum Gasteiger partial charge on any atom is -0.480 e. The lowest BCUT2D eigenvalue weighted by molar-refractivity contribution is -0.134. The standard InChI is InChI=1S/C45H51ClF2N10O4/c1-24-18-31-35(56(3)54-37(31)29-7-9-36(59)51-42(29)60)20-30(24)26-12-14-57(15-13-26)22-25-10-16-58(17-11-25)44-49-21-33(46)41(53-44)50-28-6-8-34-32(19-28)38-39(43(61)55(34)2)62-23-45(47,48)40(52-38)27-4-5-27/h6,8,18-21,25-27,29,40,52H,4-5,7,9-17,22-23H2,1-3H3,(H,49,50,53)(H,51,59,60). The van der Waals surface area contributed by atoms with E-state index in [-0.39, 0.29) is 29.2 Å². The predicted octanol–water partition coefficient (Wildman–Crippen LogP) is 6.76. The highest BCUT2D eigenvalue weighted by Gasteiger charge is 2.51. The molecule has 2 atom stereocenters. The van der Waals surface area contributed by atoms with Crippen LogP contribution < -0.4 is 31.1 Å². The van der Waals surface area contributed by atoms with Gasteiger partial charge in [0.15, 0.2) is 12.4 Å². The Morgan fingerprint density at radius 2 is 1.73 bits per heavy atom. The van der Waals surface area contributed by atoms with Crippen molar-refractivity contribution >= 4 is 68.4 Å². The van der Waals surface area contributed by atoms with Gasteiger partial charge in [0.25, 0.3) is 5.56 Å². The minimum atomic E-state index is -3.13. The van der Waals surface area contributed by atoms with E-state index in [1.165, 1.54) is 15.7 Å². The van der Waals surface area contributed by atoms with Gasteiger partial charge in [-0.2, -0.15) is 10.1 Å². The fourth-order valence-corrected chi connectivity index (χ4v) is 10.4. The van der Waals surface area contributed by atoms with Crippen LogP contribution >= 0.6 is 11.6 Å². The van der Waals surface area contributed by atoms with Crippen molar-refractivity contribution in [2.24, 2.45) is 25.9 Å². The summed E-state index contributed by atoms with van der Waals surface area (Å²) >= 11 is 6.64. The molecule has 1 saturated carbocycles. The van der Waals surface area contributed by atoms with E-state index in [0.717, 1.165) is 75.0 Å². The molecule has 14 nitrogen and oxygen atoms in total. The summed E-state index contributed by atoms with van der Waals surface area (Å²) in [6.45, 7) is 6.07. The number of carbonyl (C=O) groups is 2. The van der Waals surface area contributed by atoms with E-state index in [1.807, 2.05) is 23.9 Å². The van der Waals surface area contributed by atoms with Gasteiger partial charge in [0, 0.05) is 56.6 Å². The number of pyridine rings is 1. The zero-order valence-corrected chi connectivity index (χ0v) is 35.9. The first-order valence-corrected chi connectivity index (χ1v) is 22.2. The highest BCUT2D eigenvalue weighted by Crippen LogP contribution is 2.46. The van der Waals surface area contributed by atoms with E-state index in [0.29, 0.717) is 70.9 Å². The molecular formula is C45H51ClF2N10O4. The normalized spacial score (nSPS) is 22.6. The lowest BCUT2D eigenvalue weighted by atomic mass is 9.84. The predicted molar refractivity (Wildman–Crippen MR) is 234 cm³/mol. The second-order valence-electron chi connectivity index (χ2n) is 18.0. The van der Waals surface area contributed by atoms with E-state index >= 15 is 8.78 Å². The van der Waals surface area contributed by atoms with Crippen LogP contribution in [0, 0.1) is 18.8 Å². The lowest BCUT2D eigenvalue weighted by Gasteiger charge is -2.38. The fraction of sp³-hybridized carbons (Fsp3) is 0.511. The van der Waals surface area contributed by atoms with Crippen molar-refractivity contribution in [1.29, 1.82) is 0 Å². The van der Waals surface area contributed by atoms with E-state index in [1.54, 1.807) is 19.3 Å². The van der Waals surface area contributed by atoms with E-state index in [4.69, 9.17) is 26.4 Å². The van der Waals surface area contributed by atoms with Crippen molar-refractivity contribution in [1.82, 2.24) is 34.5 Å². The first-order valence-electron chi connectivity index (χ1n) is 21.8. The van der Waals surface area contributed by atoms with Crippen molar-refractivity contribution in [3.05, 3.63) is 68.7 Å². The van der Waals surface area contributed by atoms with Gasteiger partial charge >= 0.3 is 5.92 Å². The summed E-state index contributed by atoms with van der Waals surface area (Å²) < 4.78 is 39.2. The van der Waals surface area contributed by atoms with Crippen molar-refractivity contribution in [3.8, 4) is 5.75 Å². The molecular weight excluding hydrogens is 818 g/mol. The Morgan fingerprint density at radius 3 is 2.47 bits per heavy atom. The third-order valence-corrected chi connectivity index (χ3v) is 14.2. The molecule has 326 valence electrons. The summed E-state index contributed by atoms with van der Waals surface area (Å²) in [6.07, 6.45) is 8.01. The Bertz CT molecular complexity index is 2670. The molecule has 17 heteroatoms. The Hall–Kier alpha value is -5.35. The van der Waals surface area contributed by atoms with Gasteiger partial charge in [-0.25, -0.2) is 13.8 Å². The largest absolute Gasteiger partial charge is 0.480 e. The third-order valence-electron chi connectivity index (χ3n) is 13.9. The van der Waals surface area contributed by atoms with Crippen LogP contribution in [-0.4, -0.2) is 92.3 Å². The monoisotopic (exact) mass is 868 g/mol. The number of aryl methyl sites for hydroxylation is 3. The van der Waals surface area contributed by atoms with Gasteiger partial charge in [0.05, 0.1) is 40.6 Å². The number of rotatable bonds is 8. The molecule has 3 saturated heterocycles. The van der Waals surface area contributed by atoms with Crippen molar-refractivity contribution in [3.63, 3.8) is 0 Å². The first-order chi connectivity index (χ1) is 29.8. The van der Waals surface area contributed by atoms with Crippen LogP contribution in [0.15, 0.2) is 41.3 Å². The number of benzene rings is 2. The summed E-state index contributed by atoms with van der Waals surface area (Å²) in [5.41, 5.74) is 5.36. The number of anilines is 4. The van der Waals surface area contributed by atoms with Crippen molar-refractivity contribution < 1.29 is 23.1 Å². The summed E-state index contributed by atoms with van der Waals surface area (Å²) in [5, 5.41) is 15.5. The Morgan fingerprint density at radius 1 is 0.952 bits per heavy atom. The summed E-state index contributed by atoms with van der Waals surface area (Å²) in [4.78, 5) is 51.9. The molecule has 0 radical (unpaired) electrons. The number of imide groups is 1. The number of hydrogen-bond donors (Lipinski definition) is 3. The molecule has 5 aliphatic rings. The molecule has 3 N–H and O–H groups in total. The smallest absolute Gasteiger partial charge is 0.301 e. The molecule has 2 aromatic carbocycles. The molecule has 2 unspecified atom stereocenters. The second-order valence-corrected chi connectivity index (χ2v) is 18.5. The highest BCUT2D eigenvalue weighted by molar-refractivity contribution is 6.33. The van der Waals surface area contributed by atoms with Crippen molar-refractivity contribution in [2.45, 2.75) is 82.1 Å². The maximum atomic E-state index is 15.2. The number of fused-ring (bicyclic) bond motifs is 4. The molecule has 4 fully saturated rings. The number of aromatic nitrogens is 5. The van der Waals surface area contributed by atoms with Gasteiger partial charge in [0.2, 0.25) is 23.5 Å². The van der Waals surface area contributed by atoms with Crippen LogP contribution in [0.25, 0.3) is 21.8 Å². The quantitative estimate of drug-likeness (QED) is 0.142. The van der Waals surface area contributed by atoms with Gasteiger partial charge in [-0.05, 0) is 124 Å². The molecule has 0 spiro atoms. The molecule has 1 aliphatic carbocycles. The molecule has 4 aliphatic heterocycles. The second kappa shape index (κ2) is 15.8. The van der Waals surface area contributed by atoms with Crippen LogP contribution in [0.5, 0.6) is 5.75 Å². The Labute approximate surface area is 362 Å². The topological polar surface area (TPSA) is 152 Å². The number of nitrogens with zero attached hydrogens (tertiary/aromatic N) is 7. The average molecular weight is 869 g/mol. The van der Waals surface area contributed by atoms with Crippen LogP contribution in [0.4, 0.5) is 31.9 Å². The molecule has 10 rings (SSSR count). The number of nitrogens with one attached hydrogen (secondary N) is 3. The van der Waals surface area contributed by atoms with Crippen LogP contribution in [0.1, 0.15) is 80.0 Å². The molecule has 0 bridgehead atoms. The van der Waals surface area contributed by atoms with Gasteiger partial charge < -0.3 is 29.7 Å². The van der Waals surface area contributed by atoms with Crippen LogP contribution in [0.2, 0.25) is 5.02 Å². The number of amides is 2. The molecule has 7 heterocycles. The van der Waals surface area contributed by atoms with Gasteiger partial charge in [-0.1, -0.05) is 11.6 Å². The zero-order valence-electron chi connectivity index (χ0n) is 35.1. The number of ether oxygens (including phenoxy) is 1. The first kappa shape index (κ1) is 40.7. The van der Waals surface area contributed by atoms with Crippen LogP contribution in [0.3, 0.4) is 0 Å². The van der Waals surface area contributed by atoms with Gasteiger partial charge in [-0.3, -0.25) is 24.4 Å². The van der Waals surface area contributed by atoms with E-state index < -0.39 is 30.0 Å². The zero-order chi connectivity index (χ0) is 43.0. The van der Waals surface area contributed by atoms with Gasteiger partial charge in [0.1, 0.15) is 5.02 Å². The SMILES string of the molecule is Cc1cc2c(C3CCC(=O)NC3=O)nn(C)c2cc1C1CCN(CC2CCN(c3ncc(Cl)c(Nc4ccc5c(c4)c4c(c(=O)n5C)OCC(F)(F)C(C5CC5)N4)n3)CC2)CC1. The summed E-state index contributed by atoms with van der Waals surface area (Å²) in [6, 6.07) is 8.74. The molecule has 5 aromatic rings. The number of halogens is 3. The third kappa shape index (κ3) is 7.52. The number of likely N-dealkylation sites (tertiary alicyclic amines) is 1. The number of hydrogen-bond acceptors (Lipinski definition) is 11. The average Bonchev–Trinajstić information content (AvgIpc) is 4.06. The van der Waals surface area contributed by atoms with Gasteiger partial charge in [-0.15, -0.1) is 0 Å². The van der Waals surface area contributed by atoms with Crippen LogP contribution in [-0.2, 0) is 23.7 Å². The van der Waals surface area contributed by atoms with Crippen molar-refractivity contribution in [2.75, 3.05) is 54.9 Å². The lowest BCUT2D eigenvalue weighted by Crippen LogP contribution is -2.44. The summed E-state index contributed by atoms with van der Waals surface area (Å²) in [7, 11) is 3.54. The maximum absolute atomic E-state index is 15.2. The van der Waals surface area contributed by atoms with E-state index in [9.17, 15) is 14.4 Å². The number of carbonyl (C=O) groups excluding carboxylic acids is 2. The minimum absolute atomic E-state index is 0.103. The highest BCUT2D eigenvalue weighted by atomic mass is 35.5. The molecule has 2 amide bonds. The molecule has 62 heavy (non-hydrogen) atoms. The number of piperidine rings is 3.